The molecule has 6 fully saturated rings. The van der Waals surface area contributed by atoms with Gasteiger partial charge in [0.05, 0.1) is 66.3 Å². The highest BCUT2D eigenvalue weighted by Crippen LogP contribution is 2.41. The SMILES string of the molecule is Cc1nc2cc(F)cc3c2n1C[C@H]1CN(CCCO1)C(=O)[C@@H]1C[C@@H](CN1c1nc(N2C4C[C@@H]2CN(C2COC2)C4=O)nc2c1cnn2-c1ccc(F)cc1F)Nc1cccc-3n1. The second-order valence-corrected chi connectivity index (χ2v) is 17.1. The highest BCUT2D eigenvalue weighted by Gasteiger charge is 2.54. The number of pyridine rings is 1. The lowest BCUT2D eigenvalue weighted by molar-refractivity contribution is -0.155. The van der Waals surface area contributed by atoms with Crippen LogP contribution in [0.1, 0.15) is 25.1 Å². The van der Waals surface area contributed by atoms with Crippen LogP contribution in [0.15, 0.2) is 54.7 Å². The molecule has 4 aromatic heterocycles. The molecule has 13 rings (SSSR count). The normalized spacial score (nSPS) is 25.1. The summed E-state index contributed by atoms with van der Waals surface area (Å²) in [6, 6.07) is 10.1. The van der Waals surface area contributed by atoms with Crippen LogP contribution in [0.5, 0.6) is 0 Å². The molecule has 1 unspecified atom stereocenters. The molecule has 0 radical (unpaired) electrons. The molecule has 0 saturated carbocycles. The van der Waals surface area contributed by atoms with E-state index in [1.807, 2.05) is 49.3 Å². The van der Waals surface area contributed by atoms with Gasteiger partial charge in [0.1, 0.15) is 46.9 Å². The maximum absolute atomic E-state index is 15.5. The van der Waals surface area contributed by atoms with Gasteiger partial charge in [-0.2, -0.15) is 15.1 Å². The number of carbonyl (C=O) groups excluding carboxylic acids is 2. The number of piperazine rings is 1. The van der Waals surface area contributed by atoms with E-state index in [-0.39, 0.29) is 47.2 Å². The average molecular weight is 847 g/mol. The van der Waals surface area contributed by atoms with Crippen molar-refractivity contribution in [2.45, 2.75) is 69.0 Å². The molecule has 5 atom stereocenters. The molecular weight excluding hydrogens is 806 g/mol. The van der Waals surface area contributed by atoms with E-state index in [2.05, 4.69) is 10.4 Å². The third-order valence-electron chi connectivity index (χ3n) is 13.3. The first-order chi connectivity index (χ1) is 30.1. The number of amides is 2. The maximum atomic E-state index is 15.5. The molecule has 0 spiro atoms. The Morgan fingerprint density at radius 1 is 0.839 bits per heavy atom. The first kappa shape index (κ1) is 37.4. The molecule has 2 amide bonds. The second-order valence-electron chi connectivity index (χ2n) is 17.1. The number of fused-ring (bicyclic) bond motifs is 10. The molecule has 7 aliphatic rings. The monoisotopic (exact) mass is 846 g/mol. The smallest absolute Gasteiger partial charge is 0.245 e. The van der Waals surface area contributed by atoms with Gasteiger partial charge < -0.3 is 39.0 Å². The molecule has 6 saturated heterocycles. The van der Waals surface area contributed by atoms with E-state index in [1.54, 1.807) is 0 Å². The number of aromatic nitrogens is 7. The minimum atomic E-state index is -0.831. The quantitative estimate of drug-likeness (QED) is 0.275. The Bertz CT molecular complexity index is 2830. The summed E-state index contributed by atoms with van der Waals surface area (Å²) in [6.07, 6.45) is 2.76. The molecule has 8 bridgehead atoms. The van der Waals surface area contributed by atoms with E-state index in [4.69, 9.17) is 29.4 Å². The van der Waals surface area contributed by atoms with Crippen molar-refractivity contribution in [1.82, 2.24) is 44.1 Å². The number of piperidine rings is 1. The van der Waals surface area contributed by atoms with Crippen molar-refractivity contribution in [3.8, 4) is 16.9 Å². The highest BCUT2D eigenvalue weighted by atomic mass is 19.1. The van der Waals surface area contributed by atoms with Gasteiger partial charge in [0, 0.05) is 56.5 Å². The summed E-state index contributed by atoms with van der Waals surface area (Å²) in [7, 11) is 0. The maximum Gasteiger partial charge on any atom is 0.245 e. The number of benzene rings is 2. The van der Waals surface area contributed by atoms with Crippen LogP contribution in [0, 0.1) is 24.4 Å². The molecule has 19 heteroatoms. The van der Waals surface area contributed by atoms with Crippen LogP contribution in [0.2, 0.25) is 0 Å². The summed E-state index contributed by atoms with van der Waals surface area (Å²) in [5.41, 5.74) is 2.63. The van der Waals surface area contributed by atoms with Crippen LogP contribution in [0.25, 0.3) is 39.0 Å². The number of nitrogens with zero attached hydrogens (tertiary/aromatic N) is 11. The molecule has 6 aromatic rings. The lowest BCUT2D eigenvalue weighted by Crippen LogP contribution is -2.75. The Balaban J connectivity index is 0.988. The van der Waals surface area contributed by atoms with Crippen molar-refractivity contribution in [3.05, 3.63) is 78.0 Å². The number of carbonyl (C=O) groups is 2. The fraction of sp³-hybridized carbons (Fsp3) is 0.419. The van der Waals surface area contributed by atoms with Crippen molar-refractivity contribution in [2.75, 3.05) is 61.1 Å². The van der Waals surface area contributed by atoms with Gasteiger partial charge in [-0.1, -0.05) is 6.07 Å². The topological polar surface area (TPSA) is 152 Å². The van der Waals surface area contributed by atoms with Crippen molar-refractivity contribution in [3.63, 3.8) is 0 Å². The van der Waals surface area contributed by atoms with Crippen molar-refractivity contribution >= 4 is 51.5 Å². The van der Waals surface area contributed by atoms with E-state index in [9.17, 15) is 9.18 Å². The standard InChI is InChI=1S/C43H41F3N12O4/c1-22-48-33-12-24(45)10-29-32-4-2-5-37(50-32)49-25-13-35(41(59)53-8-3-9-62-28(18-53)19-54(22)38(29)33)56(16-25)39-30-15-47-58(34-7-6-23(44)11-31(34)46)40(30)52-43(51-39)57-26-14-36(57)42(60)55(17-26)27-20-61-21-27/h2,4-7,10-12,15,25-28,35-36H,3,8-9,13-14,16-21H2,1H3,(H,49,50)/t25-,26+,28+,35-,36?/m0/s1. The molecule has 318 valence electrons. The molecule has 7 aliphatic heterocycles. The summed E-state index contributed by atoms with van der Waals surface area (Å²) in [5, 5.41) is 8.59. The van der Waals surface area contributed by atoms with Crippen molar-refractivity contribution in [1.29, 1.82) is 0 Å². The number of nitrogens with one attached hydrogen (secondary N) is 1. The third kappa shape index (κ3) is 5.91. The molecule has 1 N–H and O–H groups in total. The van der Waals surface area contributed by atoms with Crippen LogP contribution >= 0.6 is 0 Å². The van der Waals surface area contributed by atoms with Gasteiger partial charge >= 0.3 is 0 Å². The average Bonchev–Trinajstić information content (AvgIpc) is 3.86. The first-order valence-corrected chi connectivity index (χ1v) is 21.1. The summed E-state index contributed by atoms with van der Waals surface area (Å²) in [4.78, 5) is 56.5. The van der Waals surface area contributed by atoms with Gasteiger partial charge in [0.2, 0.25) is 17.8 Å². The number of ether oxygens (including phenoxy) is 2. The van der Waals surface area contributed by atoms with Crippen LogP contribution in [0.4, 0.5) is 30.8 Å². The fourth-order valence-electron chi connectivity index (χ4n) is 10.2. The molecule has 0 aliphatic carbocycles. The predicted molar refractivity (Wildman–Crippen MR) is 219 cm³/mol. The van der Waals surface area contributed by atoms with E-state index < -0.39 is 35.6 Å². The van der Waals surface area contributed by atoms with Crippen LogP contribution in [-0.4, -0.2) is 138 Å². The third-order valence-corrected chi connectivity index (χ3v) is 13.3. The van der Waals surface area contributed by atoms with Gasteiger partial charge in [-0.05, 0) is 56.5 Å². The minimum Gasteiger partial charge on any atom is -0.377 e. The van der Waals surface area contributed by atoms with Gasteiger partial charge in [-0.3, -0.25) is 9.59 Å². The highest BCUT2D eigenvalue weighted by molar-refractivity contribution is 5.96. The first-order valence-electron chi connectivity index (χ1n) is 21.1. The van der Waals surface area contributed by atoms with Crippen LogP contribution in [-0.2, 0) is 25.6 Å². The zero-order valence-electron chi connectivity index (χ0n) is 33.6. The molecular formula is C43H41F3N12O4. The Kier molecular flexibility index (Phi) is 8.51. The number of rotatable bonds is 4. The van der Waals surface area contributed by atoms with E-state index in [1.165, 1.54) is 29.1 Å². The largest absolute Gasteiger partial charge is 0.377 e. The van der Waals surface area contributed by atoms with Gasteiger partial charge in [0.25, 0.3) is 0 Å². The Morgan fingerprint density at radius 2 is 1.73 bits per heavy atom. The number of imidazole rings is 1. The zero-order chi connectivity index (χ0) is 42.0. The van der Waals surface area contributed by atoms with Crippen molar-refractivity contribution in [2.24, 2.45) is 0 Å². The number of anilines is 3. The van der Waals surface area contributed by atoms with Gasteiger partial charge in [-0.25, -0.2) is 27.8 Å². The molecule has 16 nitrogen and oxygen atoms in total. The second kappa shape index (κ2) is 14.1. The van der Waals surface area contributed by atoms with E-state index in [0.29, 0.717) is 111 Å². The fourth-order valence-corrected chi connectivity index (χ4v) is 10.2. The van der Waals surface area contributed by atoms with E-state index in [0.717, 1.165) is 17.6 Å². The molecule has 11 heterocycles. The Labute approximate surface area is 352 Å². The predicted octanol–water partition coefficient (Wildman–Crippen LogP) is 3.83. The number of hydrogen-bond donors (Lipinski definition) is 1. The summed E-state index contributed by atoms with van der Waals surface area (Å²) >= 11 is 0. The lowest BCUT2D eigenvalue weighted by atomic mass is 9.86. The number of hydrogen-bond acceptors (Lipinski definition) is 12. The molecule has 62 heavy (non-hydrogen) atoms. The molecule has 2 aromatic carbocycles. The summed E-state index contributed by atoms with van der Waals surface area (Å²) in [5.74, 6) is -0.259. The summed E-state index contributed by atoms with van der Waals surface area (Å²) in [6.45, 7) is 5.25. The summed E-state index contributed by atoms with van der Waals surface area (Å²) < 4.78 is 60.1. The van der Waals surface area contributed by atoms with Gasteiger partial charge in [0.15, 0.2) is 11.5 Å². The minimum absolute atomic E-state index is 0.0171. The number of aryl methyl sites for hydroxylation is 1. The Morgan fingerprint density at radius 3 is 2.55 bits per heavy atom. The zero-order valence-corrected chi connectivity index (χ0v) is 33.6. The van der Waals surface area contributed by atoms with Crippen LogP contribution < -0.4 is 15.1 Å². The number of halogens is 3. The van der Waals surface area contributed by atoms with E-state index >= 15 is 13.6 Å². The van der Waals surface area contributed by atoms with Crippen LogP contribution in [0.3, 0.4) is 0 Å². The van der Waals surface area contributed by atoms with Gasteiger partial charge in [-0.15, -0.1) is 0 Å². The Hall–Kier alpha value is -6.34. The lowest BCUT2D eigenvalue weighted by Gasteiger charge is -2.57. The van der Waals surface area contributed by atoms with Crippen molar-refractivity contribution < 1.29 is 32.2 Å².